The number of halogens is 4. The number of hydrogen-bond acceptors (Lipinski definition) is 3. The average molecular weight is 499 g/mol. The lowest BCUT2D eigenvalue weighted by atomic mass is 9.81. The second kappa shape index (κ2) is 8.67. The topological polar surface area (TPSA) is 86.2 Å². The van der Waals surface area contributed by atoms with Gasteiger partial charge in [-0.1, -0.05) is 31.5 Å². The molecule has 3 aromatic carbocycles. The molecule has 0 aliphatic heterocycles. The minimum Gasteiger partial charge on any atom is -0.507 e. The van der Waals surface area contributed by atoms with Gasteiger partial charge in [-0.2, -0.15) is 5.26 Å². The van der Waals surface area contributed by atoms with E-state index in [0.717, 1.165) is 18.2 Å². The molecule has 0 atom stereocenters. The second-order valence-electron chi connectivity index (χ2n) is 8.70. The van der Waals surface area contributed by atoms with E-state index in [2.05, 4.69) is 6.07 Å². The van der Waals surface area contributed by atoms with E-state index in [0.29, 0.717) is 5.69 Å². The molecule has 0 spiro atoms. The van der Waals surface area contributed by atoms with Gasteiger partial charge in [-0.25, -0.2) is 18.0 Å². The summed E-state index contributed by atoms with van der Waals surface area (Å²) in [6.07, 6.45) is -0.0523. The lowest BCUT2D eigenvalue weighted by Gasteiger charge is -2.27. The number of phenolic OH excluding ortho intramolecular Hbond substituents is 1. The fourth-order valence-electron chi connectivity index (χ4n) is 4.29. The molecule has 9 heteroatoms. The number of phenols is 1. The Bertz CT molecular complexity index is 1550. The van der Waals surface area contributed by atoms with Crippen LogP contribution in [-0.2, 0) is 5.41 Å². The number of aromatic nitrogens is 1. The predicted molar refractivity (Wildman–Crippen MR) is 125 cm³/mol. The maximum Gasteiger partial charge on any atom is 0.335 e. The Hall–Kier alpha value is -3.96. The molecule has 1 heterocycles. The molecule has 0 amide bonds. The maximum absolute atomic E-state index is 15.4. The SMILES string of the molecule is CC(C)(CC#N)c1c(-c2ccc(C(=O)O)cc2F)c2c(O)cc(Cl)cc2n1-c1ccc(F)c(F)c1. The van der Waals surface area contributed by atoms with E-state index in [1.807, 2.05) is 0 Å². The van der Waals surface area contributed by atoms with Crippen LogP contribution in [0.15, 0.2) is 48.5 Å². The smallest absolute Gasteiger partial charge is 0.335 e. The van der Waals surface area contributed by atoms with Crippen LogP contribution in [0.3, 0.4) is 0 Å². The molecule has 0 unspecified atom stereocenters. The largest absolute Gasteiger partial charge is 0.507 e. The molecule has 5 nitrogen and oxygen atoms in total. The zero-order valence-corrected chi connectivity index (χ0v) is 19.3. The molecule has 1 aromatic heterocycles. The molecule has 0 fully saturated rings. The van der Waals surface area contributed by atoms with E-state index in [4.69, 9.17) is 11.6 Å². The van der Waals surface area contributed by atoms with Gasteiger partial charge in [0.05, 0.1) is 22.5 Å². The lowest BCUT2D eigenvalue weighted by Crippen LogP contribution is -2.22. The van der Waals surface area contributed by atoms with Crippen molar-refractivity contribution in [1.82, 2.24) is 4.57 Å². The molecule has 0 aliphatic carbocycles. The van der Waals surface area contributed by atoms with Crippen molar-refractivity contribution in [2.45, 2.75) is 25.7 Å². The zero-order valence-electron chi connectivity index (χ0n) is 18.5. The molecular weight excluding hydrogens is 481 g/mol. The summed E-state index contributed by atoms with van der Waals surface area (Å²) in [7, 11) is 0. The van der Waals surface area contributed by atoms with Crippen molar-refractivity contribution in [3.63, 3.8) is 0 Å². The van der Waals surface area contributed by atoms with Crippen LogP contribution in [-0.4, -0.2) is 20.7 Å². The van der Waals surface area contributed by atoms with Crippen LogP contribution in [0.1, 0.15) is 36.3 Å². The van der Waals surface area contributed by atoms with E-state index in [1.165, 1.54) is 34.9 Å². The van der Waals surface area contributed by atoms with E-state index in [-0.39, 0.29) is 50.5 Å². The van der Waals surface area contributed by atoms with Gasteiger partial charge < -0.3 is 14.8 Å². The maximum atomic E-state index is 15.4. The summed E-state index contributed by atoms with van der Waals surface area (Å²) in [5, 5.41) is 29.9. The van der Waals surface area contributed by atoms with Gasteiger partial charge in [0.15, 0.2) is 11.6 Å². The third-order valence-electron chi connectivity index (χ3n) is 5.82. The van der Waals surface area contributed by atoms with Crippen molar-refractivity contribution in [2.24, 2.45) is 0 Å². The first-order chi connectivity index (χ1) is 16.5. The summed E-state index contributed by atoms with van der Waals surface area (Å²) in [5.41, 5.74) is -0.400. The number of fused-ring (bicyclic) bond motifs is 1. The van der Waals surface area contributed by atoms with Crippen LogP contribution >= 0.6 is 11.6 Å². The number of hydrogen-bond donors (Lipinski definition) is 2. The molecule has 4 rings (SSSR count). The highest BCUT2D eigenvalue weighted by Crippen LogP contribution is 2.48. The van der Waals surface area contributed by atoms with Crippen LogP contribution in [0.2, 0.25) is 5.02 Å². The Kier molecular flexibility index (Phi) is 5.99. The number of rotatable bonds is 5. The highest BCUT2D eigenvalue weighted by Gasteiger charge is 2.34. The first-order valence-corrected chi connectivity index (χ1v) is 10.8. The monoisotopic (exact) mass is 498 g/mol. The van der Waals surface area contributed by atoms with Crippen LogP contribution in [0.4, 0.5) is 13.2 Å². The molecule has 4 aromatic rings. The summed E-state index contributed by atoms with van der Waals surface area (Å²) in [6.45, 7) is 3.43. The molecule has 0 saturated carbocycles. The summed E-state index contributed by atoms with van der Waals surface area (Å²) in [6, 6.07) is 11.4. The van der Waals surface area contributed by atoms with Crippen LogP contribution in [0.5, 0.6) is 5.75 Å². The molecule has 0 bridgehead atoms. The highest BCUT2D eigenvalue weighted by molar-refractivity contribution is 6.31. The number of carbonyl (C=O) groups is 1. The van der Waals surface area contributed by atoms with E-state index >= 15 is 4.39 Å². The number of nitriles is 1. The highest BCUT2D eigenvalue weighted by atomic mass is 35.5. The third-order valence-corrected chi connectivity index (χ3v) is 6.04. The predicted octanol–water partition coefficient (Wildman–Crippen LogP) is 6.96. The van der Waals surface area contributed by atoms with Crippen LogP contribution in [0.25, 0.3) is 27.7 Å². The minimum atomic E-state index is -1.32. The Morgan fingerprint density at radius 2 is 1.77 bits per heavy atom. The summed E-state index contributed by atoms with van der Waals surface area (Å²) >= 11 is 6.21. The van der Waals surface area contributed by atoms with Crippen molar-refractivity contribution in [2.75, 3.05) is 0 Å². The quantitative estimate of drug-likeness (QED) is 0.311. The normalized spacial score (nSPS) is 11.6. The van der Waals surface area contributed by atoms with Gasteiger partial charge >= 0.3 is 5.97 Å². The van der Waals surface area contributed by atoms with Gasteiger partial charge in [0.25, 0.3) is 0 Å². The third kappa shape index (κ3) is 4.08. The molecule has 0 radical (unpaired) electrons. The van der Waals surface area contributed by atoms with Gasteiger partial charge in [0.2, 0.25) is 0 Å². The standard InChI is InChI=1S/C26H18ClF3N2O3/c1-26(2,7-8-31)24-22(16-5-3-13(25(34)35)9-18(16)29)23-20(10-14(27)11-21(23)33)32(24)15-4-6-17(28)19(30)12-15/h3-6,9-12,33H,7H2,1-2H3,(H,34,35). The Morgan fingerprint density at radius 1 is 1.06 bits per heavy atom. The fourth-order valence-corrected chi connectivity index (χ4v) is 4.50. The number of carboxylic acid groups (broad SMARTS) is 1. The summed E-state index contributed by atoms with van der Waals surface area (Å²) in [4.78, 5) is 11.3. The molecule has 178 valence electrons. The fraction of sp³-hybridized carbons (Fsp3) is 0.154. The van der Waals surface area contributed by atoms with Crippen molar-refractivity contribution >= 4 is 28.5 Å². The summed E-state index contributed by atoms with van der Waals surface area (Å²) < 4.78 is 44.9. The van der Waals surface area contributed by atoms with Gasteiger partial charge in [-0.05, 0) is 36.4 Å². The molecule has 0 saturated heterocycles. The Labute approximate surface area is 203 Å². The van der Waals surface area contributed by atoms with Crippen molar-refractivity contribution in [3.05, 3.63) is 82.3 Å². The lowest BCUT2D eigenvalue weighted by molar-refractivity contribution is 0.0696. The van der Waals surface area contributed by atoms with Gasteiger partial charge in [0, 0.05) is 45.4 Å². The molecule has 0 aliphatic rings. The van der Waals surface area contributed by atoms with Crippen molar-refractivity contribution in [1.29, 1.82) is 5.26 Å². The van der Waals surface area contributed by atoms with Gasteiger partial charge in [-0.15, -0.1) is 0 Å². The minimum absolute atomic E-state index is 0.0417. The van der Waals surface area contributed by atoms with Crippen molar-refractivity contribution < 1.29 is 28.2 Å². The molecular formula is C26H18ClF3N2O3. The van der Waals surface area contributed by atoms with E-state index in [1.54, 1.807) is 13.8 Å². The Balaban J connectivity index is 2.25. The average Bonchev–Trinajstić information content (AvgIpc) is 3.11. The zero-order chi connectivity index (χ0) is 25.7. The number of nitrogens with zero attached hydrogens (tertiary/aromatic N) is 2. The number of carboxylic acids is 1. The number of aromatic carboxylic acids is 1. The first kappa shape index (κ1) is 24.2. The summed E-state index contributed by atoms with van der Waals surface area (Å²) in [5.74, 6) is -4.70. The first-order valence-electron chi connectivity index (χ1n) is 10.4. The van der Waals surface area contributed by atoms with Gasteiger partial charge in [-0.3, -0.25) is 0 Å². The van der Waals surface area contributed by atoms with Crippen molar-refractivity contribution in [3.8, 4) is 28.6 Å². The number of benzene rings is 3. The Morgan fingerprint density at radius 3 is 2.37 bits per heavy atom. The van der Waals surface area contributed by atoms with E-state index < -0.39 is 28.8 Å². The van der Waals surface area contributed by atoms with Gasteiger partial charge in [0.1, 0.15) is 11.6 Å². The molecule has 35 heavy (non-hydrogen) atoms. The van der Waals surface area contributed by atoms with Crippen LogP contribution < -0.4 is 0 Å². The second-order valence-corrected chi connectivity index (χ2v) is 9.13. The van der Waals surface area contributed by atoms with E-state index in [9.17, 15) is 29.1 Å². The molecule has 2 N–H and O–H groups in total. The van der Waals surface area contributed by atoms with Crippen LogP contribution in [0, 0.1) is 28.8 Å². The number of aromatic hydroxyl groups is 1.